The first-order valence-corrected chi connectivity index (χ1v) is 5.87. The molecule has 2 rings (SSSR count). The van der Waals surface area contributed by atoms with E-state index in [0.29, 0.717) is 19.6 Å². The van der Waals surface area contributed by atoms with E-state index < -0.39 is 0 Å². The molecule has 0 bridgehead atoms. The number of rotatable bonds is 4. The summed E-state index contributed by atoms with van der Waals surface area (Å²) >= 11 is 0. The molecule has 3 heteroatoms. The van der Waals surface area contributed by atoms with E-state index in [0.717, 1.165) is 36.2 Å². The first-order chi connectivity index (χ1) is 8.40. The summed E-state index contributed by atoms with van der Waals surface area (Å²) in [7, 11) is 0. The van der Waals surface area contributed by atoms with Crippen molar-refractivity contribution in [2.75, 3.05) is 13.2 Å². The number of carbonyl (C=O) groups is 1. The SMILES string of the molecule is O=CCC=CCc1ccc2c(c1)OCCCO2. The Kier molecular flexibility index (Phi) is 4.19. The van der Waals surface area contributed by atoms with Gasteiger partial charge < -0.3 is 14.3 Å². The lowest BCUT2D eigenvalue weighted by atomic mass is 10.1. The van der Waals surface area contributed by atoms with Crippen molar-refractivity contribution in [1.82, 2.24) is 0 Å². The maximum absolute atomic E-state index is 10.2. The van der Waals surface area contributed by atoms with Gasteiger partial charge in [-0.2, -0.15) is 0 Å². The zero-order valence-corrected chi connectivity index (χ0v) is 9.72. The van der Waals surface area contributed by atoms with Gasteiger partial charge in [-0.3, -0.25) is 0 Å². The Morgan fingerprint density at radius 2 is 1.94 bits per heavy atom. The average Bonchev–Trinajstić information content (AvgIpc) is 2.59. The maximum Gasteiger partial charge on any atom is 0.161 e. The van der Waals surface area contributed by atoms with E-state index in [4.69, 9.17) is 9.47 Å². The van der Waals surface area contributed by atoms with Gasteiger partial charge in [0, 0.05) is 12.8 Å². The van der Waals surface area contributed by atoms with Gasteiger partial charge in [0.15, 0.2) is 11.5 Å². The topological polar surface area (TPSA) is 35.5 Å². The van der Waals surface area contributed by atoms with Crippen LogP contribution in [0.15, 0.2) is 30.4 Å². The normalized spacial score (nSPS) is 14.6. The number of carbonyl (C=O) groups excluding carboxylic acids is 1. The summed E-state index contributed by atoms with van der Waals surface area (Å²) < 4.78 is 11.2. The second-order valence-corrected chi connectivity index (χ2v) is 3.91. The third-order valence-corrected chi connectivity index (χ3v) is 2.56. The summed E-state index contributed by atoms with van der Waals surface area (Å²) in [4.78, 5) is 10.2. The highest BCUT2D eigenvalue weighted by molar-refractivity contribution is 5.52. The molecule has 1 aromatic rings. The first-order valence-electron chi connectivity index (χ1n) is 5.87. The van der Waals surface area contributed by atoms with Crippen molar-refractivity contribution in [3.63, 3.8) is 0 Å². The van der Waals surface area contributed by atoms with Crippen LogP contribution in [0.5, 0.6) is 11.5 Å². The van der Waals surface area contributed by atoms with Crippen LogP contribution in [0.2, 0.25) is 0 Å². The van der Waals surface area contributed by atoms with Crippen molar-refractivity contribution in [2.24, 2.45) is 0 Å². The fourth-order valence-corrected chi connectivity index (χ4v) is 1.71. The fraction of sp³-hybridized carbons (Fsp3) is 0.357. The molecule has 0 amide bonds. The molecular weight excluding hydrogens is 216 g/mol. The molecule has 0 saturated heterocycles. The Bertz CT molecular complexity index is 410. The van der Waals surface area contributed by atoms with Crippen molar-refractivity contribution in [2.45, 2.75) is 19.3 Å². The van der Waals surface area contributed by atoms with E-state index in [1.54, 1.807) is 0 Å². The quantitative estimate of drug-likeness (QED) is 0.591. The number of benzene rings is 1. The molecule has 1 heterocycles. The minimum absolute atomic E-state index is 0.477. The molecule has 90 valence electrons. The van der Waals surface area contributed by atoms with Crippen molar-refractivity contribution >= 4 is 6.29 Å². The van der Waals surface area contributed by atoms with E-state index in [1.807, 2.05) is 30.4 Å². The molecule has 0 fully saturated rings. The number of aldehydes is 1. The number of hydrogen-bond acceptors (Lipinski definition) is 3. The van der Waals surface area contributed by atoms with E-state index in [9.17, 15) is 4.79 Å². The second kappa shape index (κ2) is 6.09. The van der Waals surface area contributed by atoms with Crippen molar-refractivity contribution in [3.8, 4) is 11.5 Å². The Morgan fingerprint density at radius 3 is 2.76 bits per heavy atom. The molecule has 0 aromatic heterocycles. The van der Waals surface area contributed by atoms with Gasteiger partial charge in [0.2, 0.25) is 0 Å². The molecule has 1 aliphatic heterocycles. The smallest absolute Gasteiger partial charge is 0.161 e. The van der Waals surface area contributed by atoms with Gasteiger partial charge in [0.05, 0.1) is 13.2 Å². The second-order valence-electron chi connectivity index (χ2n) is 3.91. The van der Waals surface area contributed by atoms with Crippen LogP contribution in [0.1, 0.15) is 18.4 Å². The highest BCUT2D eigenvalue weighted by atomic mass is 16.5. The molecule has 0 unspecified atom stereocenters. The van der Waals surface area contributed by atoms with Crippen LogP contribution in [0.4, 0.5) is 0 Å². The third kappa shape index (κ3) is 3.34. The molecule has 0 atom stereocenters. The Balaban J connectivity index is 2.04. The highest BCUT2D eigenvalue weighted by Gasteiger charge is 2.09. The van der Waals surface area contributed by atoms with Crippen LogP contribution in [-0.4, -0.2) is 19.5 Å². The van der Waals surface area contributed by atoms with Gasteiger partial charge >= 0.3 is 0 Å². The van der Waals surface area contributed by atoms with Gasteiger partial charge in [-0.1, -0.05) is 18.2 Å². The molecule has 0 spiro atoms. The predicted molar refractivity (Wildman–Crippen MR) is 65.6 cm³/mol. The van der Waals surface area contributed by atoms with Crippen molar-refractivity contribution < 1.29 is 14.3 Å². The molecule has 0 aliphatic carbocycles. The lowest BCUT2D eigenvalue weighted by Gasteiger charge is -2.08. The van der Waals surface area contributed by atoms with Crippen LogP contribution >= 0.6 is 0 Å². The van der Waals surface area contributed by atoms with Crippen molar-refractivity contribution in [3.05, 3.63) is 35.9 Å². The van der Waals surface area contributed by atoms with Crippen LogP contribution in [0, 0.1) is 0 Å². The predicted octanol–water partition coefficient (Wildman–Crippen LogP) is 2.54. The minimum Gasteiger partial charge on any atom is -0.490 e. The van der Waals surface area contributed by atoms with Gasteiger partial charge in [0.25, 0.3) is 0 Å². The monoisotopic (exact) mass is 232 g/mol. The molecule has 1 aromatic carbocycles. The standard InChI is InChI=1S/C14H16O3/c15-8-3-1-2-5-12-6-7-13-14(11-12)17-10-4-9-16-13/h1-2,6-8,11H,3-5,9-10H2. The molecule has 17 heavy (non-hydrogen) atoms. The van der Waals surface area contributed by atoms with Crippen molar-refractivity contribution in [1.29, 1.82) is 0 Å². The average molecular weight is 232 g/mol. The highest BCUT2D eigenvalue weighted by Crippen LogP contribution is 2.30. The Labute approximate surface area is 101 Å². The zero-order valence-electron chi connectivity index (χ0n) is 9.72. The summed E-state index contributed by atoms with van der Waals surface area (Å²) in [6.45, 7) is 1.42. The largest absolute Gasteiger partial charge is 0.490 e. The summed E-state index contributed by atoms with van der Waals surface area (Å²) in [6.07, 6.45) is 6.96. The van der Waals surface area contributed by atoms with Gasteiger partial charge in [0.1, 0.15) is 6.29 Å². The molecule has 0 radical (unpaired) electrons. The lowest BCUT2D eigenvalue weighted by molar-refractivity contribution is -0.107. The summed E-state index contributed by atoms with van der Waals surface area (Å²) in [6, 6.07) is 5.98. The van der Waals surface area contributed by atoms with Crippen LogP contribution in [-0.2, 0) is 11.2 Å². The minimum atomic E-state index is 0.477. The number of hydrogen-bond donors (Lipinski definition) is 0. The van der Waals surface area contributed by atoms with E-state index in [2.05, 4.69) is 0 Å². The number of allylic oxidation sites excluding steroid dienone is 2. The molecule has 0 saturated carbocycles. The van der Waals surface area contributed by atoms with Crippen LogP contribution in [0.3, 0.4) is 0 Å². The molecule has 1 aliphatic rings. The zero-order chi connectivity index (χ0) is 11.9. The molecular formula is C14H16O3. The summed E-state index contributed by atoms with van der Waals surface area (Å²) in [5, 5.41) is 0. The third-order valence-electron chi connectivity index (χ3n) is 2.56. The maximum atomic E-state index is 10.2. The molecule has 0 N–H and O–H groups in total. The Hall–Kier alpha value is -1.77. The Morgan fingerprint density at radius 1 is 1.12 bits per heavy atom. The lowest BCUT2D eigenvalue weighted by Crippen LogP contribution is -1.97. The fourth-order valence-electron chi connectivity index (χ4n) is 1.71. The van der Waals surface area contributed by atoms with E-state index in [1.165, 1.54) is 0 Å². The van der Waals surface area contributed by atoms with E-state index in [-0.39, 0.29) is 0 Å². The van der Waals surface area contributed by atoms with E-state index >= 15 is 0 Å². The van der Waals surface area contributed by atoms with Gasteiger partial charge in [-0.05, 0) is 24.1 Å². The van der Waals surface area contributed by atoms with Gasteiger partial charge in [-0.15, -0.1) is 0 Å². The molecule has 3 nitrogen and oxygen atoms in total. The first kappa shape index (κ1) is 11.7. The van der Waals surface area contributed by atoms with Gasteiger partial charge in [-0.25, -0.2) is 0 Å². The summed E-state index contributed by atoms with van der Waals surface area (Å²) in [5.41, 5.74) is 1.16. The van der Waals surface area contributed by atoms with Crippen LogP contribution in [0.25, 0.3) is 0 Å². The summed E-state index contributed by atoms with van der Waals surface area (Å²) in [5.74, 6) is 1.65. The van der Waals surface area contributed by atoms with Crippen LogP contribution < -0.4 is 9.47 Å². The number of ether oxygens (including phenoxy) is 2. The number of fused-ring (bicyclic) bond motifs is 1.